The van der Waals surface area contributed by atoms with E-state index < -0.39 is 12.3 Å². The maximum Gasteiger partial charge on any atom is 0.409 e. The third-order valence-electron chi connectivity index (χ3n) is 3.79. The largest absolute Gasteiger partial charge is 0.465 e. The minimum absolute atomic E-state index is 0.105. The van der Waals surface area contributed by atoms with Crippen molar-refractivity contribution in [1.82, 2.24) is 9.80 Å². The Morgan fingerprint density at radius 3 is 2.81 bits per heavy atom. The predicted molar refractivity (Wildman–Crippen MR) is 82.0 cm³/mol. The lowest BCUT2D eigenvalue weighted by Crippen LogP contribution is -2.51. The Kier molecular flexibility index (Phi) is 5.32. The number of halogens is 2. The summed E-state index contributed by atoms with van der Waals surface area (Å²) in [5.41, 5.74) is 1.04. The fraction of sp³-hybridized carbons (Fsp3) is 0.500. The van der Waals surface area contributed by atoms with E-state index in [0.717, 1.165) is 12.1 Å². The van der Waals surface area contributed by atoms with E-state index >= 15 is 0 Å². The zero-order valence-corrected chi connectivity index (χ0v) is 13.4. The van der Waals surface area contributed by atoms with E-state index in [9.17, 15) is 4.79 Å². The maximum absolute atomic E-state index is 11.0. The summed E-state index contributed by atoms with van der Waals surface area (Å²) in [5.74, 6) is 0. The van der Waals surface area contributed by atoms with Gasteiger partial charge in [-0.2, -0.15) is 0 Å². The molecule has 1 aliphatic heterocycles. The van der Waals surface area contributed by atoms with E-state index in [2.05, 4.69) is 11.8 Å². The number of benzene rings is 1. The fourth-order valence-corrected chi connectivity index (χ4v) is 2.65. The number of likely N-dealkylation sites (N-methyl/N-ethyl adjacent to an activating group) is 1. The Labute approximate surface area is 134 Å². The Hall–Kier alpha value is -1.01. The number of hydrogen-bond donors (Lipinski definition) is 1. The molecule has 2 atom stereocenters. The Morgan fingerprint density at radius 2 is 2.19 bits per heavy atom. The Bertz CT molecular complexity index is 527. The van der Waals surface area contributed by atoms with Crippen molar-refractivity contribution in [2.24, 2.45) is 0 Å². The highest BCUT2D eigenvalue weighted by Crippen LogP contribution is 2.29. The minimum Gasteiger partial charge on any atom is -0.465 e. The second-order valence-electron chi connectivity index (χ2n) is 5.06. The zero-order chi connectivity index (χ0) is 15.6. The number of carboxylic acid groups (broad SMARTS) is 1. The molecule has 21 heavy (non-hydrogen) atoms. The Morgan fingerprint density at radius 1 is 1.48 bits per heavy atom. The Balaban J connectivity index is 2.09. The summed E-state index contributed by atoms with van der Waals surface area (Å²) >= 11 is 12.0. The standard InChI is InChI=1S/C14H18Cl2N2O3/c1-9(10-3-4-11(15)12(16)7-10)18-5-6-21-13(8-18)17(2)14(19)20/h3-4,7,9,13H,5-6,8H2,1-2H3,(H,19,20)/t9?,13-/m0/s1. The number of carbonyl (C=O) groups is 1. The van der Waals surface area contributed by atoms with Crippen LogP contribution in [-0.2, 0) is 4.74 Å². The second-order valence-corrected chi connectivity index (χ2v) is 5.88. The van der Waals surface area contributed by atoms with Crippen LogP contribution in [0.5, 0.6) is 0 Å². The van der Waals surface area contributed by atoms with Crippen LogP contribution in [-0.4, -0.2) is 54.0 Å². The van der Waals surface area contributed by atoms with E-state index in [0.29, 0.717) is 23.2 Å². The molecule has 7 heteroatoms. The van der Waals surface area contributed by atoms with Crippen LogP contribution in [0.3, 0.4) is 0 Å². The number of rotatable bonds is 3. The molecule has 0 radical (unpaired) electrons. The summed E-state index contributed by atoms with van der Waals surface area (Å²) in [6.07, 6.45) is -1.45. The van der Waals surface area contributed by atoms with Crippen LogP contribution < -0.4 is 0 Å². The first-order valence-corrected chi connectivity index (χ1v) is 7.42. The van der Waals surface area contributed by atoms with Crippen molar-refractivity contribution in [2.45, 2.75) is 19.2 Å². The van der Waals surface area contributed by atoms with Crippen molar-refractivity contribution >= 4 is 29.3 Å². The van der Waals surface area contributed by atoms with E-state index in [1.54, 1.807) is 6.07 Å². The van der Waals surface area contributed by atoms with Gasteiger partial charge in [0, 0.05) is 26.2 Å². The summed E-state index contributed by atoms with van der Waals surface area (Å²) in [7, 11) is 1.51. The molecule has 1 amide bonds. The van der Waals surface area contributed by atoms with Crippen LogP contribution in [0.1, 0.15) is 18.5 Å². The maximum atomic E-state index is 11.0. The molecule has 1 unspecified atom stereocenters. The molecule has 0 aromatic heterocycles. The lowest BCUT2D eigenvalue weighted by Gasteiger charge is -2.39. The van der Waals surface area contributed by atoms with Gasteiger partial charge in [-0.15, -0.1) is 0 Å². The summed E-state index contributed by atoms with van der Waals surface area (Å²) < 4.78 is 5.52. The van der Waals surface area contributed by atoms with Gasteiger partial charge in [0.05, 0.1) is 16.7 Å². The molecule has 1 aliphatic rings. The molecule has 116 valence electrons. The topological polar surface area (TPSA) is 53.0 Å². The van der Waals surface area contributed by atoms with Crippen molar-refractivity contribution in [3.63, 3.8) is 0 Å². The van der Waals surface area contributed by atoms with Crippen molar-refractivity contribution in [1.29, 1.82) is 0 Å². The van der Waals surface area contributed by atoms with E-state index in [1.807, 2.05) is 12.1 Å². The molecule has 0 aliphatic carbocycles. The van der Waals surface area contributed by atoms with Crippen LogP contribution in [0.2, 0.25) is 10.0 Å². The van der Waals surface area contributed by atoms with Crippen LogP contribution >= 0.6 is 23.2 Å². The molecule has 0 spiro atoms. The summed E-state index contributed by atoms with van der Waals surface area (Å²) in [6.45, 7) is 3.81. The van der Waals surface area contributed by atoms with Gasteiger partial charge in [0.1, 0.15) is 6.23 Å². The summed E-state index contributed by atoms with van der Waals surface area (Å²) in [4.78, 5) is 14.4. The number of morpholine rings is 1. The first-order chi connectivity index (χ1) is 9.90. The van der Waals surface area contributed by atoms with Crippen LogP contribution in [0.15, 0.2) is 18.2 Å². The van der Waals surface area contributed by atoms with Gasteiger partial charge in [0.15, 0.2) is 0 Å². The highest BCUT2D eigenvalue weighted by molar-refractivity contribution is 6.42. The molecular formula is C14H18Cl2N2O3. The molecule has 1 heterocycles. The van der Waals surface area contributed by atoms with Crippen LogP contribution in [0.25, 0.3) is 0 Å². The van der Waals surface area contributed by atoms with E-state index in [4.69, 9.17) is 33.0 Å². The van der Waals surface area contributed by atoms with Crippen molar-refractivity contribution < 1.29 is 14.6 Å². The average molecular weight is 333 g/mol. The quantitative estimate of drug-likeness (QED) is 0.922. The third kappa shape index (κ3) is 3.80. The SMILES string of the molecule is CC(c1ccc(Cl)c(Cl)c1)N1CCO[C@H](N(C)C(=O)O)C1. The van der Waals surface area contributed by atoms with Crippen LogP contribution in [0.4, 0.5) is 4.79 Å². The number of ether oxygens (including phenoxy) is 1. The van der Waals surface area contributed by atoms with Gasteiger partial charge in [-0.25, -0.2) is 4.79 Å². The first-order valence-electron chi connectivity index (χ1n) is 6.66. The fourth-order valence-electron chi connectivity index (χ4n) is 2.34. The molecule has 1 fully saturated rings. The van der Waals surface area contributed by atoms with Crippen LogP contribution in [0, 0.1) is 0 Å². The molecule has 0 bridgehead atoms. The van der Waals surface area contributed by atoms with Gasteiger partial charge in [0.2, 0.25) is 0 Å². The molecular weight excluding hydrogens is 315 g/mol. The van der Waals surface area contributed by atoms with Gasteiger partial charge >= 0.3 is 6.09 Å². The molecule has 1 N–H and O–H groups in total. The molecule has 1 aromatic rings. The first kappa shape index (κ1) is 16.4. The summed E-state index contributed by atoms with van der Waals surface area (Å²) in [5, 5.41) is 10.1. The average Bonchev–Trinajstić information content (AvgIpc) is 2.48. The third-order valence-corrected chi connectivity index (χ3v) is 4.53. The number of hydrogen-bond acceptors (Lipinski definition) is 3. The minimum atomic E-state index is -0.996. The highest BCUT2D eigenvalue weighted by Gasteiger charge is 2.29. The second kappa shape index (κ2) is 6.83. The number of amides is 1. The van der Waals surface area contributed by atoms with Crippen molar-refractivity contribution in [3.8, 4) is 0 Å². The van der Waals surface area contributed by atoms with Gasteiger partial charge in [-0.1, -0.05) is 29.3 Å². The zero-order valence-electron chi connectivity index (χ0n) is 11.9. The monoisotopic (exact) mass is 332 g/mol. The summed E-state index contributed by atoms with van der Waals surface area (Å²) in [6, 6.07) is 5.66. The molecule has 2 rings (SSSR count). The van der Waals surface area contributed by atoms with Gasteiger partial charge < -0.3 is 9.84 Å². The normalized spacial score (nSPS) is 21.0. The highest BCUT2D eigenvalue weighted by atomic mass is 35.5. The molecule has 1 aromatic carbocycles. The molecule has 0 saturated carbocycles. The van der Waals surface area contributed by atoms with Gasteiger partial charge in [-0.05, 0) is 24.6 Å². The van der Waals surface area contributed by atoms with E-state index in [1.165, 1.54) is 11.9 Å². The van der Waals surface area contributed by atoms with Gasteiger partial charge in [-0.3, -0.25) is 9.80 Å². The van der Waals surface area contributed by atoms with Crippen molar-refractivity contribution in [2.75, 3.05) is 26.7 Å². The molecule has 5 nitrogen and oxygen atoms in total. The lowest BCUT2D eigenvalue weighted by atomic mass is 10.1. The predicted octanol–water partition coefficient (Wildman–Crippen LogP) is 3.32. The van der Waals surface area contributed by atoms with Gasteiger partial charge in [0.25, 0.3) is 0 Å². The number of nitrogens with zero attached hydrogens (tertiary/aromatic N) is 2. The lowest BCUT2D eigenvalue weighted by molar-refractivity contribution is -0.101. The van der Waals surface area contributed by atoms with Crippen molar-refractivity contribution in [3.05, 3.63) is 33.8 Å². The van der Waals surface area contributed by atoms with E-state index in [-0.39, 0.29) is 6.04 Å². The smallest absolute Gasteiger partial charge is 0.409 e. The molecule has 1 saturated heterocycles.